The molecule has 1 aromatic carbocycles. The van der Waals surface area contributed by atoms with Crippen LogP contribution in [0.25, 0.3) is 0 Å². The smallest absolute Gasteiger partial charge is 0.331 e. The monoisotopic (exact) mass is 448 g/mol. The molecular formula is C30H40O3. The Balaban J connectivity index is 1.14. The average molecular weight is 449 g/mol. The summed E-state index contributed by atoms with van der Waals surface area (Å²) in [7, 11) is 0. The first-order chi connectivity index (χ1) is 16.0. The molecular weight excluding hydrogens is 408 g/mol. The zero-order valence-corrected chi connectivity index (χ0v) is 20.4. The zero-order chi connectivity index (χ0) is 22.6. The second-order valence-corrected chi connectivity index (χ2v) is 12.4. The third-order valence-electron chi connectivity index (χ3n) is 11.1. The molecule has 178 valence electrons. The number of rotatable bonds is 4. The third kappa shape index (κ3) is 3.61. The lowest BCUT2D eigenvalue weighted by molar-refractivity contribution is -0.136. The highest BCUT2D eigenvalue weighted by Gasteiger charge is 2.60. The van der Waals surface area contributed by atoms with Crippen LogP contribution >= 0.6 is 0 Å². The molecule has 6 rings (SSSR count). The topological polar surface area (TPSA) is 35.5 Å². The summed E-state index contributed by atoms with van der Waals surface area (Å²) in [5.41, 5.74) is 3.43. The first kappa shape index (κ1) is 21.9. The van der Waals surface area contributed by atoms with E-state index < -0.39 is 0 Å². The summed E-state index contributed by atoms with van der Waals surface area (Å²) in [6, 6.07) is 10.6. The van der Waals surface area contributed by atoms with Crippen LogP contribution in [0.3, 0.4) is 0 Å². The zero-order valence-electron chi connectivity index (χ0n) is 20.4. The lowest BCUT2D eigenvalue weighted by Crippen LogP contribution is -2.54. The lowest BCUT2D eigenvalue weighted by atomic mass is 9.44. The molecule has 0 bridgehead atoms. The molecule has 0 aromatic heterocycles. The van der Waals surface area contributed by atoms with E-state index in [9.17, 15) is 4.79 Å². The number of ether oxygens (including phenoxy) is 2. The van der Waals surface area contributed by atoms with Crippen LogP contribution in [-0.4, -0.2) is 18.7 Å². The van der Waals surface area contributed by atoms with Crippen molar-refractivity contribution in [2.24, 2.45) is 40.4 Å². The molecule has 0 spiro atoms. The van der Waals surface area contributed by atoms with Crippen LogP contribution in [0.4, 0.5) is 0 Å². The van der Waals surface area contributed by atoms with E-state index in [-0.39, 0.29) is 5.97 Å². The van der Waals surface area contributed by atoms with Crippen molar-refractivity contribution in [1.82, 2.24) is 0 Å². The van der Waals surface area contributed by atoms with Crippen LogP contribution in [-0.2, 0) is 20.9 Å². The maximum atomic E-state index is 11.7. The van der Waals surface area contributed by atoms with Crippen LogP contribution in [0, 0.1) is 40.4 Å². The van der Waals surface area contributed by atoms with Crippen molar-refractivity contribution in [3.63, 3.8) is 0 Å². The minimum Gasteiger partial charge on any atom is -0.458 e. The molecule has 4 aliphatic carbocycles. The third-order valence-corrected chi connectivity index (χ3v) is 11.1. The van der Waals surface area contributed by atoms with Crippen molar-refractivity contribution in [3.05, 3.63) is 47.5 Å². The number of hydrogen-bond donors (Lipinski definition) is 0. The Morgan fingerprint density at radius 2 is 1.73 bits per heavy atom. The van der Waals surface area contributed by atoms with Gasteiger partial charge in [-0.2, -0.15) is 0 Å². The van der Waals surface area contributed by atoms with Gasteiger partial charge in [-0.3, -0.25) is 0 Å². The molecule has 0 unspecified atom stereocenters. The van der Waals surface area contributed by atoms with Crippen molar-refractivity contribution in [2.45, 2.75) is 84.3 Å². The maximum Gasteiger partial charge on any atom is 0.331 e. The predicted octanol–water partition coefficient (Wildman–Crippen LogP) is 6.71. The molecule has 0 saturated heterocycles. The predicted molar refractivity (Wildman–Crippen MR) is 129 cm³/mol. The Kier molecular flexibility index (Phi) is 5.48. The van der Waals surface area contributed by atoms with Gasteiger partial charge in [-0.1, -0.05) is 44.2 Å². The fourth-order valence-electron chi connectivity index (χ4n) is 9.36. The van der Waals surface area contributed by atoms with Crippen molar-refractivity contribution < 1.29 is 14.3 Å². The number of hydrogen-bond acceptors (Lipinski definition) is 3. The largest absolute Gasteiger partial charge is 0.458 e. The minimum atomic E-state index is -0.120. The van der Waals surface area contributed by atoms with Crippen molar-refractivity contribution in [3.8, 4) is 0 Å². The molecule has 1 aliphatic heterocycles. The summed E-state index contributed by atoms with van der Waals surface area (Å²) in [5.74, 6) is 3.82. The first-order valence-corrected chi connectivity index (χ1v) is 13.5. The standard InChI is InChI=1S/C30H40O3/c1-29-14-12-23(32-18-20-6-4-3-5-7-20)17-22(29)8-9-24-26-11-10-25(21-16-28(31)33-19-21)30(26,2)15-13-27(24)29/h3-7,16,22-27H,8-15,17-19H2,1-2H3/t22-,23+,24+,25-,26+,27+,29+,30-/m1/s1. The van der Waals surface area contributed by atoms with Crippen LogP contribution < -0.4 is 0 Å². The molecule has 33 heavy (non-hydrogen) atoms. The van der Waals surface area contributed by atoms with Gasteiger partial charge < -0.3 is 9.47 Å². The van der Waals surface area contributed by atoms with Crippen molar-refractivity contribution in [1.29, 1.82) is 0 Å². The summed E-state index contributed by atoms with van der Waals surface area (Å²) in [5, 5.41) is 0. The van der Waals surface area contributed by atoms with Crippen molar-refractivity contribution in [2.75, 3.05) is 6.61 Å². The van der Waals surface area contributed by atoms with Gasteiger partial charge in [-0.15, -0.1) is 0 Å². The van der Waals surface area contributed by atoms with Crippen LogP contribution in [0.1, 0.15) is 77.2 Å². The van der Waals surface area contributed by atoms with Crippen LogP contribution in [0.5, 0.6) is 0 Å². The summed E-state index contributed by atoms with van der Waals surface area (Å²) in [6.45, 7) is 6.50. The Hall–Kier alpha value is -1.61. The van der Waals surface area contributed by atoms with Gasteiger partial charge >= 0.3 is 5.97 Å². The van der Waals surface area contributed by atoms with Gasteiger partial charge in [0, 0.05) is 6.08 Å². The van der Waals surface area contributed by atoms with Gasteiger partial charge in [0.2, 0.25) is 0 Å². The number of carbonyl (C=O) groups excluding carboxylic acids is 1. The van der Waals surface area contributed by atoms with Gasteiger partial charge in [0.25, 0.3) is 0 Å². The van der Waals surface area contributed by atoms with E-state index in [0.717, 1.165) is 30.3 Å². The molecule has 4 saturated carbocycles. The van der Waals surface area contributed by atoms with E-state index in [4.69, 9.17) is 9.47 Å². The normalized spacial score (nSPS) is 44.4. The van der Waals surface area contributed by atoms with E-state index in [2.05, 4.69) is 44.2 Å². The highest BCUT2D eigenvalue weighted by molar-refractivity contribution is 5.85. The van der Waals surface area contributed by atoms with E-state index in [0.29, 0.717) is 29.5 Å². The lowest BCUT2D eigenvalue weighted by Gasteiger charge is -2.61. The molecule has 3 heteroatoms. The van der Waals surface area contributed by atoms with Gasteiger partial charge in [0.1, 0.15) is 6.61 Å². The molecule has 0 radical (unpaired) electrons. The van der Waals surface area contributed by atoms with Crippen molar-refractivity contribution >= 4 is 5.97 Å². The number of fused-ring (bicyclic) bond motifs is 5. The summed E-state index contributed by atoms with van der Waals surface area (Å²) in [4.78, 5) is 11.7. The molecule has 4 fully saturated rings. The summed E-state index contributed by atoms with van der Waals surface area (Å²) < 4.78 is 11.7. The fraction of sp³-hybridized carbons (Fsp3) is 0.700. The molecule has 0 N–H and O–H groups in total. The highest BCUT2D eigenvalue weighted by Crippen LogP contribution is 2.68. The molecule has 5 aliphatic rings. The second kappa shape index (κ2) is 8.26. The van der Waals surface area contributed by atoms with Crippen LogP contribution in [0.2, 0.25) is 0 Å². The van der Waals surface area contributed by atoms with Gasteiger partial charge in [0.15, 0.2) is 0 Å². The van der Waals surface area contributed by atoms with Gasteiger partial charge in [0.05, 0.1) is 12.7 Å². The number of cyclic esters (lactones) is 1. The minimum absolute atomic E-state index is 0.120. The average Bonchev–Trinajstić information content (AvgIpc) is 3.40. The molecule has 1 heterocycles. The first-order valence-electron chi connectivity index (χ1n) is 13.5. The Labute approximate surface area is 199 Å². The maximum absolute atomic E-state index is 11.7. The quantitative estimate of drug-likeness (QED) is 0.480. The number of benzene rings is 1. The van der Waals surface area contributed by atoms with Gasteiger partial charge in [-0.05, 0) is 109 Å². The van der Waals surface area contributed by atoms with E-state index in [1.807, 2.05) is 6.08 Å². The fourth-order valence-corrected chi connectivity index (χ4v) is 9.36. The molecule has 1 aromatic rings. The van der Waals surface area contributed by atoms with Gasteiger partial charge in [-0.25, -0.2) is 4.79 Å². The molecule has 3 nitrogen and oxygen atoms in total. The molecule has 8 atom stereocenters. The van der Waals surface area contributed by atoms with Crippen LogP contribution in [0.15, 0.2) is 42.0 Å². The Morgan fingerprint density at radius 3 is 2.52 bits per heavy atom. The summed E-state index contributed by atoms with van der Waals surface area (Å²) >= 11 is 0. The van der Waals surface area contributed by atoms with E-state index in [1.54, 1.807) is 0 Å². The Morgan fingerprint density at radius 1 is 0.939 bits per heavy atom. The number of carbonyl (C=O) groups is 1. The highest BCUT2D eigenvalue weighted by atomic mass is 16.5. The second-order valence-electron chi connectivity index (χ2n) is 12.4. The SMILES string of the molecule is C[C@]12CC[C@H](OCc3ccccc3)C[C@H]1CC[C@@H]1[C@@H]2CC[C@]2(C)[C@@H](C3=CC(=O)OC3)CC[C@@H]12. The molecule has 0 amide bonds. The Bertz CT molecular complexity index is 922. The van der Waals surface area contributed by atoms with E-state index >= 15 is 0 Å². The van der Waals surface area contributed by atoms with E-state index in [1.165, 1.54) is 68.9 Å². The number of esters is 1. The summed E-state index contributed by atoms with van der Waals surface area (Å²) in [6.07, 6.45) is 14.1.